The van der Waals surface area contributed by atoms with Crippen LogP contribution in [0.3, 0.4) is 0 Å². The van der Waals surface area contributed by atoms with Crippen molar-refractivity contribution in [3.63, 3.8) is 0 Å². The van der Waals surface area contributed by atoms with Crippen LogP contribution in [-0.2, 0) is 14.2 Å². The number of carbonyl (C=O) groups excluding carboxylic acids is 3. The molecule has 0 aliphatic heterocycles. The molecule has 2 heterocycles. The molecule has 8 heteroatoms. The maximum absolute atomic E-state index is 11.9. The van der Waals surface area contributed by atoms with Gasteiger partial charge in [0.2, 0.25) is 0 Å². The molecule has 6 rings (SSSR count). The van der Waals surface area contributed by atoms with Gasteiger partial charge in [-0.15, -0.1) is 0 Å². The molecule has 0 saturated heterocycles. The fraction of sp³-hybridized carbons (Fsp3) is 0.310. The molecule has 0 spiro atoms. The van der Waals surface area contributed by atoms with Crippen LogP contribution in [0, 0.1) is 0 Å². The highest BCUT2D eigenvalue weighted by Gasteiger charge is 2.20. The maximum atomic E-state index is 11.9. The second-order valence-corrected chi connectivity index (χ2v) is 14.6. The van der Waals surface area contributed by atoms with E-state index in [0.29, 0.717) is 16.7 Å². The SMILES string of the molecule is C.CC(C)(C)OC(=O)c1ccc2[nH]ccc2c1.CC(C)(C)OC(=O)c1ccc2cc[nH]c2c1.CC(C)(C)OC(=O)c1ccc2ccccc2c1. The third-order valence-corrected chi connectivity index (χ3v) is 6.76. The number of H-pyrrole nitrogens is 2. The number of ether oxygens (including phenoxy) is 3. The van der Waals surface area contributed by atoms with Crippen molar-refractivity contribution in [2.75, 3.05) is 0 Å². The summed E-state index contributed by atoms with van der Waals surface area (Å²) in [5, 5.41) is 4.28. The molecule has 0 atom stereocenters. The van der Waals surface area contributed by atoms with E-state index in [9.17, 15) is 14.4 Å². The molecule has 50 heavy (non-hydrogen) atoms. The van der Waals surface area contributed by atoms with Crippen molar-refractivity contribution in [1.29, 1.82) is 0 Å². The van der Waals surface area contributed by atoms with Gasteiger partial charge in [0.15, 0.2) is 0 Å². The van der Waals surface area contributed by atoms with Crippen molar-refractivity contribution in [2.45, 2.75) is 86.5 Å². The number of rotatable bonds is 3. The third kappa shape index (κ3) is 11.7. The number of hydrogen-bond acceptors (Lipinski definition) is 6. The molecule has 2 N–H and O–H groups in total. The topological polar surface area (TPSA) is 110 Å². The summed E-state index contributed by atoms with van der Waals surface area (Å²) in [5.41, 5.74) is 2.36. The molecule has 0 amide bonds. The summed E-state index contributed by atoms with van der Waals surface area (Å²) < 4.78 is 15.9. The zero-order valence-electron chi connectivity index (χ0n) is 29.8. The van der Waals surface area contributed by atoms with E-state index in [1.807, 2.05) is 148 Å². The molecule has 0 bridgehead atoms. The summed E-state index contributed by atoms with van der Waals surface area (Å²) in [4.78, 5) is 41.6. The molecule has 0 saturated carbocycles. The molecule has 0 aliphatic carbocycles. The van der Waals surface area contributed by atoms with E-state index in [1.54, 1.807) is 18.2 Å². The highest BCUT2D eigenvalue weighted by Crippen LogP contribution is 2.20. The third-order valence-electron chi connectivity index (χ3n) is 6.76. The summed E-state index contributed by atoms with van der Waals surface area (Å²) in [6.07, 6.45) is 3.70. The molecular formula is C42H50N2O6. The van der Waals surface area contributed by atoms with E-state index in [1.165, 1.54) is 0 Å². The van der Waals surface area contributed by atoms with Gasteiger partial charge in [-0.3, -0.25) is 0 Å². The zero-order chi connectivity index (χ0) is 36.0. The number of fused-ring (bicyclic) bond motifs is 3. The van der Waals surface area contributed by atoms with Crippen LogP contribution in [0.1, 0.15) is 101 Å². The number of benzene rings is 4. The first-order valence-electron chi connectivity index (χ1n) is 16.2. The molecular weight excluding hydrogens is 628 g/mol. The number of aromatic amines is 2. The Bertz CT molecular complexity index is 1970. The van der Waals surface area contributed by atoms with Crippen molar-refractivity contribution in [3.05, 3.63) is 120 Å². The largest absolute Gasteiger partial charge is 0.456 e. The first-order valence-corrected chi connectivity index (χ1v) is 16.2. The lowest BCUT2D eigenvalue weighted by molar-refractivity contribution is 0.00572. The van der Waals surface area contributed by atoms with Crippen molar-refractivity contribution in [1.82, 2.24) is 9.97 Å². The van der Waals surface area contributed by atoms with Gasteiger partial charge in [0.1, 0.15) is 16.8 Å². The van der Waals surface area contributed by atoms with Crippen LogP contribution in [0.4, 0.5) is 0 Å². The quantitative estimate of drug-likeness (QED) is 0.142. The predicted molar refractivity (Wildman–Crippen MR) is 203 cm³/mol. The monoisotopic (exact) mass is 678 g/mol. The second kappa shape index (κ2) is 15.9. The van der Waals surface area contributed by atoms with Gasteiger partial charge in [-0.1, -0.05) is 43.8 Å². The molecule has 8 nitrogen and oxygen atoms in total. The van der Waals surface area contributed by atoms with Crippen molar-refractivity contribution >= 4 is 50.5 Å². The van der Waals surface area contributed by atoms with E-state index >= 15 is 0 Å². The Morgan fingerprint density at radius 3 is 1.36 bits per heavy atom. The van der Waals surface area contributed by atoms with Crippen molar-refractivity contribution < 1.29 is 28.6 Å². The molecule has 4 aromatic carbocycles. The minimum absolute atomic E-state index is 0. The number of esters is 3. The minimum atomic E-state index is -0.457. The van der Waals surface area contributed by atoms with Crippen LogP contribution >= 0.6 is 0 Å². The van der Waals surface area contributed by atoms with E-state index in [0.717, 1.165) is 32.6 Å². The summed E-state index contributed by atoms with van der Waals surface area (Å²) in [5.74, 6) is -0.845. The van der Waals surface area contributed by atoms with Gasteiger partial charge >= 0.3 is 17.9 Å². The molecule has 6 aromatic rings. The lowest BCUT2D eigenvalue weighted by atomic mass is 10.1. The molecule has 0 unspecified atom stereocenters. The number of carbonyl (C=O) groups is 3. The van der Waals surface area contributed by atoms with E-state index in [-0.39, 0.29) is 25.3 Å². The Kier molecular flexibility index (Phi) is 12.4. The standard InChI is InChI=1S/C15H16O2.2C13H15NO2.CH4/c1-15(2,3)17-14(16)13-9-8-11-6-4-5-7-12(11)10-13;1-13(2,3)16-12(15)10-4-5-11-9(8-10)6-7-14-11;1-13(2,3)16-12(15)10-5-4-9-6-7-14-11(9)8-10;/h4-10H,1-3H3;2*4-8,14H,1-3H3;1H4. The van der Waals surface area contributed by atoms with Crippen LogP contribution in [0.2, 0.25) is 0 Å². The number of nitrogens with one attached hydrogen (secondary N) is 2. The van der Waals surface area contributed by atoms with E-state index < -0.39 is 16.8 Å². The summed E-state index contributed by atoms with van der Waals surface area (Å²) in [6.45, 7) is 16.8. The Hall–Kier alpha value is -5.37. The van der Waals surface area contributed by atoms with Crippen molar-refractivity contribution in [3.8, 4) is 0 Å². The van der Waals surface area contributed by atoms with Gasteiger partial charge < -0.3 is 24.2 Å². The van der Waals surface area contributed by atoms with Gasteiger partial charge in [-0.2, -0.15) is 0 Å². The zero-order valence-corrected chi connectivity index (χ0v) is 29.8. The minimum Gasteiger partial charge on any atom is -0.456 e. The van der Waals surface area contributed by atoms with Gasteiger partial charge in [0, 0.05) is 28.8 Å². The fourth-order valence-corrected chi connectivity index (χ4v) is 4.68. The molecule has 0 aliphatic rings. The Morgan fingerprint density at radius 2 is 0.840 bits per heavy atom. The van der Waals surface area contributed by atoms with E-state index in [4.69, 9.17) is 14.2 Å². The summed E-state index contributed by atoms with van der Waals surface area (Å²) >= 11 is 0. The Morgan fingerprint density at radius 1 is 0.440 bits per heavy atom. The number of aromatic nitrogens is 2. The van der Waals surface area contributed by atoms with Gasteiger partial charge in [0.05, 0.1) is 16.7 Å². The number of hydrogen-bond donors (Lipinski definition) is 2. The first kappa shape index (κ1) is 39.1. The highest BCUT2D eigenvalue weighted by molar-refractivity contribution is 5.96. The Labute approximate surface area is 295 Å². The lowest BCUT2D eigenvalue weighted by Gasteiger charge is -2.19. The predicted octanol–water partition coefficient (Wildman–Crippen LogP) is 10.7. The molecule has 0 fully saturated rings. The molecule has 2 aromatic heterocycles. The van der Waals surface area contributed by atoms with Crippen LogP contribution in [-0.4, -0.2) is 44.7 Å². The first-order chi connectivity index (χ1) is 22.9. The second-order valence-electron chi connectivity index (χ2n) is 14.6. The van der Waals surface area contributed by atoms with Gasteiger partial charge in [-0.25, -0.2) is 14.4 Å². The van der Waals surface area contributed by atoms with Crippen LogP contribution < -0.4 is 0 Å². The average molecular weight is 679 g/mol. The molecule has 264 valence electrons. The summed E-state index contributed by atoms with van der Waals surface area (Å²) in [7, 11) is 0. The fourth-order valence-electron chi connectivity index (χ4n) is 4.68. The van der Waals surface area contributed by atoms with Crippen LogP contribution in [0.5, 0.6) is 0 Å². The van der Waals surface area contributed by atoms with Crippen molar-refractivity contribution in [2.24, 2.45) is 0 Å². The maximum Gasteiger partial charge on any atom is 0.338 e. The van der Waals surface area contributed by atoms with Crippen LogP contribution in [0.15, 0.2) is 103 Å². The normalized spacial score (nSPS) is 11.4. The molecule has 0 radical (unpaired) electrons. The lowest BCUT2D eigenvalue weighted by Crippen LogP contribution is -2.23. The van der Waals surface area contributed by atoms with Crippen LogP contribution in [0.25, 0.3) is 32.6 Å². The van der Waals surface area contributed by atoms with Gasteiger partial charge in [-0.05, 0) is 133 Å². The van der Waals surface area contributed by atoms with Gasteiger partial charge in [0.25, 0.3) is 0 Å². The van der Waals surface area contributed by atoms with E-state index in [2.05, 4.69) is 9.97 Å². The highest BCUT2D eigenvalue weighted by atomic mass is 16.6. The smallest absolute Gasteiger partial charge is 0.338 e. The average Bonchev–Trinajstić information content (AvgIpc) is 3.68. The summed E-state index contributed by atoms with van der Waals surface area (Å²) in [6, 6.07) is 28.4. The Balaban J connectivity index is 0.000000201.